The summed E-state index contributed by atoms with van der Waals surface area (Å²) in [6, 6.07) is 5.70. The number of Topliss-reactive ketones (excluding diaryl/α,β-unsaturated/α-hetero) is 1. The standard InChI is InChI=1S/C19H28BFN2O4/c1-12(2)10-18(20(26)27)22-19(25)13(3)11-17(24)16-8-9-23(16)15-6-4-14(21)5-7-15/h4-7,12-13,16,18,26-27H,8-11H2,1-3H3,(H,22,25). The molecule has 8 heteroatoms. The fourth-order valence-electron chi connectivity index (χ4n) is 3.28. The van der Waals surface area contributed by atoms with Gasteiger partial charge in [0.25, 0.3) is 0 Å². The molecule has 3 atom stereocenters. The predicted molar refractivity (Wildman–Crippen MR) is 103 cm³/mol. The Labute approximate surface area is 159 Å². The lowest BCUT2D eigenvalue weighted by atomic mass is 9.74. The van der Waals surface area contributed by atoms with Gasteiger partial charge in [-0.05, 0) is 43.0 Å². The Morgan fingerprint density at radius 2 is 1.89 bits per heavy atom. The fraction of sp³-hybridized carbons (Fsp3) is 0.579. The Bertz CT molecular complexity index is 654. The molecule has 1 aliphatic rings. The third-order valence-corrected chi connectivity index (χ3v) is 4.92. The van der Waals surface area contributed by atoms with Crippen LogP contribution in [0.2, 0.25) is 0 Å². The molecule has 0 saturated carbocycles. The fourth-order valence-corrected chi connectivity index (χ4v) is 3.28. The zero-order valence-electron chi connectivity index (χ0n) is 16.1. The molecule has 3 N–H and O–H groups in total. The number of benzene rings is 1. The average molecular weight is 378 g/mol. The van der Waals surface area contributed by atoms with Crippen LogP contribution >= 0.6 is 0 Å². The normalized spacial score (nSPS) is 18.6. The van der Waals surface area contributed by atoms with E-state index in [0.717, 1.165) is 12.2 Å². The Hall–Kier alpha value is -1.93. The van der Waals surface area contributed by atoms with E-state index in [1.165, 1.54) is 12.1 Å². The minimum Gasteiger partial charge on any atom is -0.426 e. The van der Waals surface area contributed by atoms with Crippen LogP contribution in [0.5, 0.6) is 0 Å². The molecule has 3 unspecified atom stereocenters. The molecule has 0 radical (unpaired) electrons. The Balaban J connectivity index is 1.90. The highest BCUT2D eigenvalue weighted by Gasteiger charge is 2.36. The van der Waals surface area contributed by atoms with Crippen molar-refractivity contribution in [3.05, 3.63) is 30.1 Å². The second-order valence-electron chi connectivity index (χ2n) is 7.70. The van der Waals surface area contributed by atoms with Crippen LogP contribution in [0.3, 0.4) is 0 Å². The number of ketones is 1. The summed E-state index contributed by atoms with van der Waals surface area (Å²) < 4.78 is 13.1. The molecule has 1 saturated heterocycles. The summed E-state index contributed by atoms with van der Waals surface area (Å²) >= 11 is 0. The molecule has 0 bridgehead atoms. The van der Waals surface area contributed by atoms with E-state index >= 15 is 0 Å². The number of carbonyl (C=O) groups excluding carboxylic acids is 2. The highest BCUT2D eigenvalue weighted by atomic mass is 19.1. The van der Waals surface area contributed by atoms with Crippen molar-refractivity contribution in [3.8, 4) is 0 Å². The number of hydrogen-bond donors (Lipinski definition) is 3. The van der Waals surface area contributed by atoms with Gasteiger partial charge in [0.1, 0.15) is 5.82 Å². The smallest absolute Gasteiger partial charge is 0.426 e. The highest BCUT2D eigenvalue weighted by molar-refractivity contribution is 6.43. The summed E-state index contributed by atoms with van der Waals surface area (Å²) in [5, 5.41) is 21.5. The van der Waals surface area contributed by atoms with Crippen molar-refractivity contribution in [3.63, 3.8) is 0 Å². The minimum absolute atomic E-state index is 0.0434. The zero-order valence-corrected chi connectivity index (χ0v) is 16.1. The molecule has 27 heavy (non-hydrogen) atoms. The maximum atomic E-state index is 13.1. The van der Waals surface area contributed by atoms with Gasteiger partial charge in [-0.15, -0.1) is 0 Å². The maximum Gasteiger partial charge on any atom is 0.475 e. The monoisotopic (exact) mass is 378 g/mol. The maximum absolute atomic E-state index is 13.1. The number of hydrogen-bond acceptors (Lipinski definition) is 5. The van der Waals surface area contributed by atoms with Gasteiger partial charge in [-0.25, -0.2) is 4.39 Å². The van der Waals surface area contributed by atoms with Gasteiger partial charge in [0.15, 0.2) is 5.78 Å². The van der Waals surface area contributed by atoms with Gasteiger partial charge < -0.3 is 20.3 Å². The lowest BCUT2D eigenvalue weighted by Gasteiger charge is -2.42. The number of halogens is 1. The number of anilines is 1. The summed E-state index contributed by atoms with van der Waals surface area (Å²) in [6.07, 6.45) is 1.21. The lowest BCUT2D eigenvalue weighted by Crippen LogP contribution is -2.53. The molecule has 1 fully saturated rings. The molecule has 1 heterocycles. The number of amides is 1. The zero-order chi connectivity index (χ0) is 20.1. The molecule has 0 aliphatic carbocycles. The van der Waals surface area contributed by atoms with Crippen molar-refractivity contribution in [2.24, 2.45) is 11.8 Å². The molecule has 2 rings (SSSR count). The lowest BCUT2D eigenvalue weighted by molar-refractivity contribution is -0.130. The van der Waals surface area contributed by atoms with E-state index < -0.39 is 19.0 Å². The largest absolute Gasteiger partial charge is 0.475 e. The van der Waals surface area contributed by atoms with Crippen LogP contribution in [0.4, 0.5) is 10.1 Å². The summed E-state index contributed by atoms with van der Waals surface area (Å²) in [4.78, 5) is 26.9. The van der Waals surface area contributed by atoms with E-state index in [4.69, 9.17) is 0 Å². The van der Waals surface area contributed by atoms with E-state index in [-0.39, 0.29) is 35.9 Å². The molecule has 1 amide bonds. The summed E-state index contributed by atoms with van der Waals surface area (Å²) in [5.74, 6) is -1.87. The number of nitrogens with zero attached hydrogens (tertiary/aromatic N) is 1. The van der Waals surface area contributed by atoms with Gasteiger partial charge in [-0.1, -0.05) is 20.8 Å². The third-order valence-electron chi connectivity index (χ3n) is 4.92. The van der Waals surface area contributed by atoms with Crippen LogP contribution in [0.25, 0.3) is 0 Å². The van der Waals surface area contributed by atoms with Crippen LogP contribution < -0.4 is 10.2 Å². The van der Waals surface area contributed by atoms with Crippen molar-refractivity contribution in [1.82, 2.24) is 5.32 Å². The molecular weight excluding hydrogens is 350 g/mol. The highest BCUT2D eigenvalue weighted by Crippen LogP contribution is 2.28. The second kappa shape index (κ2) is 9.33. The van der Waals surface area contributed by atoms with E-state index in [1.54, 1.807) is 19.1 Å². The summed E-state index contributed by atoms with van der Waals surface area (Å²) in [6.45, 7) is 6.23. The minimum atomic E-state index is -1.64. The molecule has 0 aromatic heterocycles. The second-order valence-corrected chi connectivity index (χ2v) is 7.70. The molecule has 1 aromatic carbocycles. The SMILES string of the molecule is CC(C)CC(NC(=O)C(C)CC(=O)C1CCN1c1ccc(F)cc1)B(O)O. The molecule has 0 spiro atoms. The molecule has 6 nitrogen and oxygen atoms in total. The third kappa shape index (κ3) is 5.77. The van der Waals surface area contributed by atoms with Crippen molar-refractivity contribution in [2.75, 3.05) is 11.4 Å². The first-order chi connectivity index (χ1) is 12.7. The van der Waals surface area contributed by atoms with Crippen LogP contribution in [0.1, 0.15) is 40.0 Å². The van der Waals surface area contributed by atoms with E-state index in [2.05, 4.69) is 5.32 Å². The quantitative estimate of drug-likeness (QED) is 0.568. The van der Waals surface area contributed by atoms with E-state index in [1.807, 2.05) is 18.7 Å². The molecule has 1 aliphatic heterocycles. The Morgan fingerprint density at radius 3 is 2.37 bits per heavy atom. The summed E-state index contributed by atoms with van der Waals surface area (Å²) in [7, 11) is -1.64. The van der Waals surface area contributed by atoms with Crippen molar-refractivity contribution in [2.45, 2.75) is 52.0 Å². The van der Waals surface area contributed by atoms with Crippen LogP contribution in [0, 0.1) is 17.7 Å². The van der Waals surface area contributed by atoms with Gasteiger partial charge in [0, 0.05) is 24.6 Å². The van der Waals surface area contributed by atoms with Crippen molar-refractivity contribution >= 4 is 24.5 Å². The molecular formula is C19H28BFN2O4. The van der Waals surface area contributed by atoms with Crippen LogP contribution in [0.15, 0.2) is 24.3 Å². The predicted octanol–water partition coefficient (Wildman–Crippen LogP) is 1.54. The van der Waals surface area contributed by atoms with E-state index in [0.29, 0.717) is 12.8 Å². The van der Waals surface area contributed by atoms with Gasteiger partial charge >= 0.3 is 7.12 Å². The molecule has 1 aromatic rings. The number of rotatable bonds is 9. The first kappa shape index (κ1) is 21.4. The number of nitrogens with one attached hydrogen (secondary N) is 1. The summed E-state index contributed by atoms with van der Waals surface area (Å²) in [5.41, 5.74) is 0.790. The first-order valence-electron chi connectivity index (χ1n) is 9.40. The van der Waals surface area contributed by atoms with Gasteiger partial charge in [0.05, 0.1) is 12.0 Å². The Morgan fingerprint density at radius 1 is 1.26 bits per heavy atom. The topological polar surface area (TPSA) is 89.9 Å². The Kier molecular flexibility index (Phi) is 7.38. The van der Waals surface area contributed by atoms with Crippen LogP contribution in [-0.4, -0.2) is 47.4 Å². The van der Waals surface area contributed by atoms with Gasteiger partial charge in [0.2, 0.25) is 5.91 Å². The average Bonchev–Trinajstić information content (AvgIpc) is 2.54. The van der Waals surface area contributed by atoms with Gasteiger partial charge in [-0.2, -0.15) is 0 Å². The molecule has 148 valence electrons. The van der Waals surface area contributed by atoms with Crippen molar-refractivity contribution in [1.29, 1.82) is 0 Å². The van der Waals surface area contributed by atoms with E-state index in [9.17, 15) is 24.0 Å². The van der Waals surface area contributed by atoms with Gasteiger partial charge in [-0.3, -0.25) is 9.59 Å². The number of carbonyl (C=O) groups is 2. The first-order valence-corrected chi connectivity index (χ1v) is 9.40. The van der Waals surface area contributed by atoms with Crippen molar-refractivity contribution < 1.29 is 24.0 Å². The van der Waals surface area contributed by atoms with Crippen LogP contribution in [-0.2, 0) is 9.59 Å².